The summed E-state index contributed by atoms with van der Waals surface area (Å²) in [7, 11) is 0. The van der Waals surface area contributed by atoms with Gasteiger partial charge in [-0.1, -0.05) is 0 Å². The zero-order valence-corrected chi connectivity index (χ0v) is 12.5. The van der Waals surface area contributed by atoms with Crippen LogP contribution in [-0.2, 0) is 0 Å². The van der Waals surface area contributed by atoms with Crippen LogP contribution in [0.3, 0.4) is 0 Å². The van der Waals surface area contributed by atoms with E-state index in [0.717, 1.165) is 37.1 Å². The monoisotopic (exact) mass is 277 g/mol. The lowest BCUT2D eigenvalue weighted by atomic mass is 10.0. The van der Waals surface area contributed by atoms with Crippen molar-refractivity contribution in [3.05, 3.63) is 22.5 Å². The first-order valence-corrected chi connectivity index (χ1v) is 7.18. The van der Waals surface area contributed by atoms with Crippen LogP contribution < -0.4 is 5.73 Å². The average Bonchev–Trinajstić information content (AvgIpc) is 2.73. The van der Waals surface area contributed by atoms with Crippen molar-refractivity contribution in [3.8, 4) is 0 Å². The maximum absolute atomic E-state index is 12.7. The predicted octanol–water partition coefficient (Wildman–Crippen LogP) is 1.79. The van der Waals surface area contributed by atoms with Gasteiger partial charge < -0.3 is 15.6 Å². The Balaban J connectivity index is 2.33. The second-order valence-electron chi connectivity index (χ2n) is 5.57. The molecule has 2 heterocycles. The molecular weight excluding hydrogens is 254 g/mol. The molecule has 1 fully saturated rings. The fourth-order valence-corrected chi connectivity index (χ4v) is 3.15. The first-order chi connectivity index (χ1) is 9.47. The summed E-state index contributed by atoms with van der Waals surface area (Å²) in [5.41, 5.74) is 8.46. The lowest BCUT2D eigenvalue weighted by Gasteiger charge is -2.35. The molecule has 0 radical (unpaired) electrons. The molecule has 3 N–H and O–H groups in total. The van der Waals surface area contributed by atoms with Crippen LogP contribution >= 0.6 is 0 Å². The number of carbonyl (C=O) groups excluding carboxylic acids is 2. The Morgan fingerprint density at radius 3 is 2.60 bits per heavy atom. The van der Waals surface area contributed by atoms with Crippen molar-refractivity contribution in [2.75, 3.05) is 13.1 Å². The van der Waals surface area contributed by atoms with E-state index in [-0.39, 0.29) is 17.7 Å². The standard InChI is InChI=1S/C15H23N3O2/c1-9-13(11(3)19)10(2)17-14(9)15(20)18-7-5-4-6-12(18)8-16/h12,17H,4-8,16H2,1-3H3. The maximum Gasteiger partial charge on any atom is 0.270 e. The fourth-order valence-electron chi connectivity index (χ4n) is 3.15. The Kier molecular flexibility index (Phi) is 4.28. The molecule has 2 rings (SSSR count). The average molecular weight is 277 g/mol. The summed E-state index contributed by atoms with van der Waals surface area (Å²) < 4.78 is 0. The van der Waals surface area contributed by atoms with Crippen LogP contribution in [0.2, 0.25) is 0 Å². The summed E-state index contributed by atoms with van der Waals surface area (Å²) in [6.45, 7) is 6.42. The van der Waals surface area contributed by atoms with Crippen LogP contribution in [0, 0.1) is 13.8 Å². The van der Waals surface area contributed by atoms with Crippen molar-refractivity contribution in [1.82, 2.24) is 9.88 Å². The van der Waals surface area contributed by atoms with E-state index in [9.17, 15) is 9.59 Å². The summed E-state index contributed by atoms with van der Waals surface area (Å²) in [5, 5.41) is 0. The molecule has 0 aromatic carbocycles. The van der Waals surface area contributed by atoms with Crippen molar-refractivity contribution in [1.29, 1.82) is 0 Å². The number of Topliss-reactive ketones (excluding diaryl/α,β-unsaturated/α-hetero) is 1. The molecule has 1 aliphatic rings. The number of rotatable bonds is 3. The number of aromatic nitrogens is 1. The van der Waals surface area contributed by atoms with Crippen LogP contribution in [0.5, 0.6) is 0 Å². The molecule has 1 amide bonds. The minimum Gasteiger partial charge on any atom is -0.354 e. The lowest BCUT2D eigenvalue weighted by Crippen LogP contribution is -2.47. The van der Waals surface area contributed by atoms with E-state index in [1.807, 2.05) is 18.7 Å². The minimum absolute atomic E-state index is 0.00989. The van der Waals surface area contributed by atoms with Gasteiger partial charge in [0, 0.05) is 30.4 Å². The molecule has 5 nitrogen and oxygen atoms in total. The van der Waals surface area contributed by atoms with Gasteiger partial charge in [0.2, 0.25) is 0 Å². The van der Waals surface area contributed by atoms with Crippen LogP contribution in [-0.4, -0.2) is 40.7 Å². The molecule has 0 bridgehead atoms. The third-order valence-corrected chi connectivity index (χ3v) is 4.16. The molecule has 1 unspecified atom stereocenters. The largest absolute Gasteiger partial charge is 0.354 e. The Bertz CT molecular complexity index is 533. The molecule has 110 valence electrons. The van der Waals surface area contributed by atoms with Gasteiger partial charge in [-0.15, -0.1) is 0 Å². The summed E-state index contributed by atoms with van der Waals surface area (Å²) in [6.07, 6.45) is 3.09. The first kappa shape index (κ1) is 14.8. The second kappa shape index (κ2) is 5.79. The number of nitrogens with one attached hydrogen (secondary N) is 1. The van der Waals surface area contributed by atoms with Gasteiger partial charge in [0.15, 0.2) is 5.78 Å². The molecule has 5 heteroatoms. The van der Waals surface area contributed by atoms with Crippen molar-refractivity contribution in [2.24, 2.45) is 5.73 Å². The number of ketones is 1. The number of hydrogen-bond acceptors (Lipinski definition) is 3. The predicted molar refractivity (Wildman–Crippen MR) is 78.0 cm³/mol. The van der Waals surface area contributed by atoms with E-state index in [1.54, 1.807) is 0 Å². The van der Waals surface area contributed by atoms with E-state index in [0.29, 0.717) is 17.8 Å². The maximum atomic E-state index is 12.7. The van der Waals surface area contributed by atoms with Crippen LogP contribution in [0.1, 0.15) is 58.3 Å². The molecule has 1 aliphatic heterocycles. The van der Waals surface area contributed by atoms with Crippen LogP contribution in [0.4, 0.5) is 0 Å². The van der Waals surface area contributed by atoms with Gasteiger partial charge in [0.05, 0.1) is 0 Å². The van der Waals surface area contributed by atoms with Gasteiger partial charge in [-0.25, -0.2) is 0 Å². The number of hydrogen-bond donors (Lipinski definition) is 2. The second-order valence-corrected chi connectivity index (χ2v) is 5.57. The molecule has 0 saturated carbocycles. The van der Waals surface area contributed by atoms with Gasteiger partial charge in [-0.05, 0) is 45.6 Å². The van der Waals surface area contributed by atoms with E-state index in [1.165, 1.54) is 6.92 Å². The van der Waals surface area contributed by atoms with E-state index in [2.05, 4.69) is 4.98 Å². The van der Waals surface area contributed by atoms with Gasteiger partial charge in [-0.3, -0.25) is 9.59 Å². The number of piperidine rings is 1. The highest BCUT2D eigenvalue weighted by molar-refractivity contribution is 6.02. The third-order valence-electron chi connectivity index (χ3n) is 4.16. The number of amides is 1. The van der Waals surface area contributed by atoms with E-state index < -0.39 is 0 Å². The topological polar surface area (TPSA) is 79.2 Å². The van der Waals surface area contributed by atoms with Gasteiger partial charge >= 0.3 is 0 Å². The number of nitrogens with two attached hydrogens (primary N) is 1. The third kappa shape index (κ3) is 2.50. The number of carbonyl (C=O) groups is 2. The molecule has 1 atom stereocenters. The van der Waals surface area contributed by atoms with Crippen molar-refractivity contribution < 1.29 is 9.59 Å². The van der Waals surface area contributed by atoms with E-state index in [4.69, 9.17) is 5.73 Å². The van der Waals surface area contributed by atoms with Gasteiger partial charge in [-0.2, -0.15) is 0 Å². The Labute approximate surface area is 119 Å². The summed E-state index contributed by atoms with van der Waals surface area (Å²) in [4.78, 5) is 29.3. The first-order valence-electron chi connectivity index (χ1n) is 7.18. The van der Waals surface area contributed by atoms with Crippen LogP contribution in [0.25, 0.3) is 0 Å². The fraction of sp³-hybridized carbons (Fsp3) is 0.600. The minimum atomic E-state index is -0.0340. The molecule has 0 aliphatic carbocycles. The highest BCUT2D eigenvalue weighted by atomic mass is 16.2. The molecule has 1 aromatic heterocycles. The molecule has 1 saturated heterocycles. The Hall–Kier alpha value is -1.62. The smallest absolute Gasteiger partial charge is 0.270 e. The highest BCUT2D eigenvalue weighted by Crippen LogP contribution is 2.23. The molecule has 1 aromatic rings. The molecule has 0 spiro atoms. The lowest BCUT2D eigenvalue weighted by molar-refractivity contribution is 0.0617. The number of H-pyrrole nitrogens is 1. The van der Waals surface area contributed by atoms with Crippen molar-refractivity contribution in [3.63, 3.8) is 0 Å². The Morgan fingerprint density at radius 1 is 1.35 bits per heavy atom. The summed E-state index contributed by atoms with van der Waals surface area (Å²) in [5.74, 6) is -0.0439. The zero-order valence-electron chi connectivity index (χ0n) is 12.5. The highest BCUT2D eigenvalue weighted by Gasteiger charge is 2.29. The van der Waals surface area contributed by atoms with Crippen molar-refractivity contribution >= 4 is 11.7 Å². The zero-order chi connectivity index (χ0) is 14.9. The van der Waals surface area contributed by atoms with Gasteiger partial charge in [0.25, 0.3) is 5.91 Å². The number of aryl methyl sites for hydroxylation is 1. The number of aromatic amines is 1. The van der Waals surface area contributed by atoms with Gasteiger partial charge in [0.1, 0.15) is 5.69 Å². The SMILES string of the molecule is CC(=O)c1c(C)[nH]c(C(=O)N2CCCCC2CN)c1C. The Morgan fingerprint density at radius 2 is 2.05 bits per heavy atom. The van der Waals surface area contributed by atoms with Crippen molar-refractivity contribution in [2.45, 2.75) is 46.1 Å². The normalized spacial score (nSPS) is 19.2. The molecule has 20 heavy (non-hydrogen) atoms. The number of likely N-dealkylation sites (tertiary alicyclic amines) is 1. The summed E-state index contributed by atoms with van der Waals surface area (Å²) in [6, 6.07) is 0.111. The van der Waals surface area contributed by atoms with E-state index >= 15 is 0 Å². The molecular formula is C15H23N3O2. The van der Waals surface area contributed by atoms with Crippen LogP contribution in [0.15, 0.2) is 0 Å². The number of nitrogens with zero attached hydrogens (tertiary/aromatic N) is 1. The summed E-state index contributed by atoms with van der Waals surface area (Å²) >= 11 is 0. The quantitative estimate of drug-likeness (QED) is 0.827.